The number of hydrogen-bond acceptors (Lipinski definition) is 3. The number of alkyl halides is 1. The molecule has 154 valence electrons. The van der Waals surface area contributed by atoms with Gasteiger partial charge in [-0.2, -0.15) is 0 Å². The number of ether oxygens (including phenoxy) is 2. The fraction of sp³-hybridized carbons (Fsp3) is 0.409. The topological polar surface area (TPSA) is 50.8 Å². The number of rotatable bonds is 6. The standard InChI is InChI=1S/C22H24Cl2N2O3/c23-19-11-5-4-10-18(19)22(24,16-7-2-1-3-8-16)29-20-12-13-26(20)21(27)25-15-17-9-6-14-28-17/h1-5,7-8,10-11,17,20H,6,9,12-15H2,(H,25,27). The van der Waals surface area contributed by atoms with Gasteiger partial charge in [0, 0.05) is 42.3 Å². The van der Waals surface area contributed by atoms with Crippen molar-refractivity contribution in [1.29, 1.82) is 0 Å². The molecule has 2 aliphatic rings. The second kappa shape index (κ2) is 8.92. The number of likely N-dealkylation sites (tertiary alicyclic amines) is 1. The molecule has 2 aromatic rings. The lowest BCUT2D eigenvalue weighted by atomic mass is 10.00. The monoisotopic (exact) mass is 434 g/mol. The number of halogens is 2. The van der Waals surface area contributed by atoms with Gasteiger partial charge in [0.1, 0.15) is 6.23 Å². The Morgan fingerprint density at radius 3 is 2.59 bits per heavy atom. The molecule has 0 bridgehead atoms. The molecule has 2 saturated heterocycles. The number of amides is 2. The molecule has 7 heteroatoms. The fourth-order valence-electron chi connectivity index (χ4n) is 3.68. The lowest BCUT2D eigenvalue weighted by Gasteiger charge is -2.44. The number of hydrogen-bond donors (Lipinski definition) is 1. The van der Waals surface area contributed by atoms with Crippen molar-refractivity contribution >= 4 is 29.2 Å². The summed E-state index contributed by atoms with van der Waals surface area (Å²) in [6.07, 6.45) is 2.39. The maximum absolute atomic E-state index is 12.6. The zero-order chi connectivity index (χ0) is 20.3. The smallest absolute Gasteiger partial charge is 0.319 e. The molecule has 0 aromatic heterocycles. The summed E-state index contributed by atoms with van der Waals surface area (Å²) in [6, 6.07) is 16.7. The molecule has 29 heavy (non-hydrogen) atoms. The van der Waals surface area contributed by atoms with Gasteiger partial charge in [-0.25, -0.2) is 4.79 Å². The summed E-state index contributed by atoms with van der Waals surface area (Å²) in [5.74, 6) is 0. The Morgan fingerprint density at radius 2 is 1.93 bits per heavy atom. The summed E-state index contributed by atoms with van der Waals surface area (Å²) < 4.78 is 11.9. The summed E-state index contributed by atoms with van der Waals surface area (Å²) in [7, 11) is 0. The first-order valence-electron chi connectivity index (χ1n) is 9.91. The molecule has 4 rings (SSSR count). The number of urea groups is 1. The van der Waals surface area contributed by atoms with Crippen molar-refractivity contribution in [1.82, 2.24) is 10.2 Å². The largest absolute Gasteiger partial charge is 0.376 e. The molecule has 2 aliphatic heterocycles. The van der Waals surface area contributed by atoms with E-state index in [4.69, 9.17) is 32.7 Å². The van der Waals surface area contributed by atoms with Crippen LogP contribution in [0.5, 0.6) is 0 Å². The van der Waals surface area contributed by atoms with Crippen LogP contribution in [0.4, 0.5) is 4.79 Å². The van der Waals surface area contributed by atoms with Crippen LogP contribution in [-0.2, 0) is 14.5 Å². The summed E-state index contributed by atoms with van der Waals surface area (Å²) in [5, 5.41) is 2.17. The normalized spacial score (nSPS) is 23.3. The Kier molecular flexibility index (Phi) is 6.30. The number of carbonyl (C=O) groups excluding carboxylic acids is 1. The van der Waals surface area contributed by atoms with Gasteiger partial charge in [0.15, 0.2) is 5.06 Å². The van der Waals surface area contributed by atoms with Gasteiger partial charge in [-0.3, -0.25) is 4.90 Å². The zero-order valence-corrected chi connectivity index (χ0v) is 17.5. The van der Waals surface area contributed by atoms with Crippen LogP contribution in [0.1, 0.15) is 30.4 Å². The summed E-state index contributed by atoms with van der Waals surface area (Å²) >= 11 is 13.5. The highest BCUT2D eigenvalue weighted by Gasteiger charge is 2.43. The first-order valence-corrected chi connectivity index (χ1v) is 10.7. The molecule has 2 aromatic carbocycles. The third kappa shape index (κ3) is 4.38. The van der Waals surface area contributed by atoms with Crippen molar-refractivity contribution in [3.63, 3.8) is 0 Å². The van der Waals surface area contributed by atoms with Gasteiger partial charge >= 0.3 is 6.03 Å². The molecule has 2 amide bonds. The Hall–Kier alpha value is -1.79. The van der Waals surface area contributed by atoms with E-state index in [1.54, 1.807) is 11.0 Å². The average Bonchev–Trinajstić information content (AvgIpc) is 3.24. The highest BCUT2D eigenvalue weighted by Crippen LogP contribution is 2.44. The first-order chi connectivity index (χ1) is 14.1. The van der Waals surface area contributed by atoms with Gasteiger partial charge in [-0.05, 0) is 18.9 Å². The molecule has 2 fully saturated rings. The molecule has 3 unspecified atom stereocenters. The fourth-order valence-corrected chi connectivity index (χ4v) is 4.39. The van der Waals surface area contributed by atoms with Gasteiger partial charge in [-0.15, -0.1) is 0 Å². The molecule has 1 N–H and O–H groups in total. The second-order valence-corrected chi connectivity index (χ2v) is 8.26. The first kappa shape index (κ1) is 20.5. The van der Waals surface area contributed by atoms with Crippen molar-refractivity contribution < 1.29 is 14.3 Å². The SMILES string of the molecule is O=C(NCC1CCCO1)N1CCC1OC(Cl)(c1ccccc1)c1ccccc1Cl. The van der Waals surface area contributed by atoms with Crippen molar-refractivity contribution in [2.75, 3.05) is 19.7 Å². The maximum atomic E-state index is 12.6. The molecule has 0 radical (unpaired) electrons. The molecule has 0 spiro atoms. The molecular weight excluding hydrogens is 411 g/mol. The quantitative estimate of drug-likeness (QED) is 0.669. The Labute approximate surface area is 180 Å². The van der Waals surface area contributed by atoms with Crippen LogP contribution in [0.15, 0.2) is 54.6 Å². The van der Waals surface area contributed by atoms with E-state index in [0.717, 1.165) is 25.0 Å². The highest BCUT2D eigenvalue weighted by molar-refractivity contribution is 6.33. The van der Waals surface area contributed by atoms with E-state index >= 15 is 0 Å². The summed E-state index contributed by atoms with van der Waals surface area (Å²) in [4.78, 5) is 14.3. The van der Waals surface area contributed by atoms with E-state index in [0.29, 0.717) is 30.1 Å². The third-order valence-corrected chi connectivity index (χ3v) is 6.23. The molecule has 0 saturated carbocycles. The Bertz CT molecular complexity index is 845. The van der Waals surface area contributed by atoms with Crippen molar-refractivity contribution in [2.45, 2.75) is 36.7 Å². The van der Waals surface area contributed by atoms with Crippen LogP contribution in [0.25, 0.3) is 0 Å². The minimum absolute atomic E-state index is 0.0964. The average molecular weight is 435 g/mol. The summed E-state index contributed by atoms with van der Waals surface area (Å²) in [5.41, 5.74) is 1.42. The maximum Gasteiger partial charge on any atom is 0.319 e. The van der Waals surface area contributed by atoms with E-state index in [1.165, 1.54) is 0 Å². The highest BCUT2D eigenvalue weighted by atomic mass is 35.5. The minimum Gasteiger partial charge on any atom is -0.376 e. The van der Waals surface area contributed by atoms with Gasteiger partial charge in [-0.1, -0.05) is 71.7 Å². The van der Waals surface area contributed by atoms with Crippen LogP contribution in [-0.4, -0.2) is 43.0 Å². The number of carbonyl (C=O) groups is 1. The number of benzene rings is 2. The minimum atomic E-state index is -1.29. The number of nitrogens with one attached hydrogen (secondary N) is 1. The van der Waals surface area contributed by atoms with Crippen LogP contribution in [0.2, 0.25) is 5.02 Å². The van der Waals surface area contributed by atoms with Crippen LogP contribution in [0, 0.1) is 0 Å². The molecule has 0 aliphatic carbocycles. The number of nitrogens with zero attached hydrogens (tertiary/aromatic N) is 1. The predicted octanol–water partition coefficient (Wildman–Crippen LogP) is 4.72. The molecular formula is C22H24Cl2N2O3. The van der Waals surface area contributed by atoms with Crippen molar-refractivity contribution in [3.8, 4) is 0 Å². The van der Waals surface area contributed by atoms with Crippen LogP contribution in [0.3, 0.4) is 0 Å². The Morgan fingerprint density at radius 1 is 1.17 bits per heavy atom. The third-order valence-electron chi connectivity index (χ3n) is 5.39. The molecule has 2 heterocycles. The van der Waals surface area contributed by atoms with Crippen molar-refractivity contribution in [3.05, 3.63) is 70.7 Å². The van der Waals surface area contributed by atoms with Crippen LogP contribution < -0.4 is 5.32 Å². The lowest BCUT2D eigenvalue weighted by Crippen LogP contribution is -2.58. The van der Waals surface area contributed by atoms with E-state index in [-0.39, 0.29) is 12.1 Å². The van der Waals surface area contributed by atoms with Gasteiger partial charge in [0.25, 0.3) is 0 Å². The van der Waals surface area contributed by atoms with E-state index in [2.05, 4.69) is 5.32 Å². The van der Waals surface area contributed by atoms with Crippen LogP contribution >= 0.6 is 23.2 Å². The molecule has 5 nitrogen and oxygen atoms in total. The van der Waals surface area contributed by atoms with Gasteiger partial charge < -0.3 is 14.8 Å². The zero-order valence-electron chi connectivity index (χ0n) is 16.0. The van der Waals surface area contributed by atoms with Crippen molar-refractivity contribution in [2.24, 2.45) is 0 Å². The van der Waals surface area contributed by atoms with Gasteiger partial charge in [0.05, 0.1) is 6.10 Å². The van der Waals surface area contributed by atoms with E-state index in [9.17, 15) is 4.79 Å². The van der Waals surface area contributed by atoms with E-state index < -0.39 is 11.3 Å². The predicted molar refractivity (Wildman–Crippen MR) is 113 cm³/mol. The Balaban J connectivity index is 1.51. The summed E-state index contributed by atoms with van der Waals surface area (Å²) in [6.45, 7) is 1.89. The molecule has 3 atom stereocenters. The second-order valence-electron chi connectivity index (χ2n) is 7.32. The van der Waals surface area contributed by atoms with Gasteiger partial charge in [0.2, 0.25) is 0 Å². The lowest BCUT2D eigenvalue weighted by molar-refractivity contribution is -0.137. The van der Waals surface area contributed by atoms with E-state index in [1.807, 2.05) is 48.5 Å².